The van der Waals surface area contributed by atoms with E-state index in [4.69, 9.17) is 16.3 Å². The molecule has 82 valence electrons. The first-order valence-electron chi connectivity index (χ1n) is 5.18. The Labute approximate surface area is 95.0 Å². The molecule has 1 fully saturated rings. The topological polar surface area (TPSA) is 25.4 Å². The Kier molecular flexibility index (Phi) is 3.31. The van der Waals surface area contributed by atoms with Gasteiger partial charge in [0.1, 0.15) is 0 Å². The molecular weight excluding hydrogens is 212 g/mol. The molecule has 2 heterocycles. The van der Waals surface area contributed by atoms with E-state index in [1.165, 1.54) is 6.42 Å². The van der Waals surface area contributed by atoms with E-state index in [-0.39, 0.29) is 0 Å². The van der Waals surface area contributed by atoms with Crippen molar-refractivity contribution in [2.75, 3.05) is 24.4 Å². The zero-order valence-corrected chi connectivity index (χ0v) is 9.57. The van der Waals surface area contributed by atoms with Gasteiger partial charge in [0.15, 0.2) is 11.6 Å². The normalized spacial score (nSPS) is 20.7. The fourth-order valence-corrected chi connectivity index (χ4v) is 2.35. The van der Waals surface area contributed by atoms with Crippen molar-refractivity contribution in [3.8, 4) is 5.75 Å². The number of rotatable bonds is 3. The third kappa shape index (κ3) is 2.02. The average molecular weight is 227 g/mol. The van der Waals surface area contributed by atoms with Crippen LogP contribution in [0.15, 0.2) is 18.3 Å². The summed E-state index contributed by atoms with van der Waals surface area (Å²) in [7, 11) is 1.67. The SMILES string of the molecule is COc1cccnc1N1CCCC1CCl. The molecule has 0 saturated carbocycles. The van der Waals surface area contributed by atoms with Crippen LogP contribution in [0.5, 0.6) is 5.75 Å². The van der Waals surface area contributed by atoms with Crippen LogP contribution in [-0.4, -0.2) is 30.6 Å². The fourth-order valence-electron chi connectivity index (χ4n) is 2.03. The number of anilines is 1. The van der Waals surface area contributed by atoms with Crippen molar-refractivity contribution in [3.63, 3.8) is 0 Å². The van der Waals surface area contributed by atoms with Gasteiger partial charge in [-0.3, -0.25) is 0 Å². The van der Waals surface area contributed by atoms with Crippen LogP contribution in [-0.2, 0) is 0 Å². The second-order valence-corrected chi connectivity index (χ2v) is 3.98. The maximum Gasteiger partial charge on any atom is 0.171 e. The third-order valence-corrected chi connectivity index (χ3v) is 3.15. The summed E-state index contributed by atoms with van der Waals surface area (Å²) < 4.78 is 5.30. The maximum atomic E-state index is 5.94. The molecule has 1 aromatic rings. The molecule has 0 aromatic carbocycles. The predicted octanol–water partition coefficient (Wildman–Crippen LogP) is 2.30. The van der Waals surface area contributed by atoms with Gasteiger partial charge in [0, 0.05) is 24.7 Å². The lowest BCUT2D eigenvalue weighted by Crippen LogP contribution is -2.31. The van der Waals surface area contributed by atoms with Gasteiger partial charge in [0.2, 0.25) is 0 Å². The van der Waals surface area contributed by atoms with Crippen molar-refractivity contribution in [3.05, 3.63) is 18.3 Å². The second-order valence-electron chi connectivity index (χ2n) is 3.67. The average Bonchev–Trinajstić information content (AvgIpc) is 2.76. The number of nitrogens with zero attached hydrogens (tertiary/aromatic N) is 2. The Morgan fingerprint density at radius 1 is 1.67 bits per heavy atom. The molecular formula is C11H15ClN2O. The highest BCUT2D eigenvalue weighted by molar-refractivity contribution is 6.18. The van der Waals surface area contributed by atoms with E-state index in [9.17, 15) is 0 Å². The monoisotopic (exact) mass is 226 g/mol. The Bertz CT molecular complexity index is 332. The molecule has 1 aromatic heterocycles. The van der Waals surface area contributed by atoms with Gasteiger partial charge in [-0.15, -0.1) is 11.6 Å². The van der Waals surface area contributed by atoms with E-state index in [0.717, 1.165) is 24.5 Å². The molecule has 15 heavy (non-hydrogen) atoms. The lowest BCUT2D eigenvalue weighted by Gasteiger charge is -2.25. The summed E-state index contributed by atoms with van der Waals surface area (Å²) in [6.07, 6.45) is 4.11. The minimum Gasteiger partial charge on any atom is -0.493 e. The molecule has 1 saturated heterocycles. The second kappa shape index (κ2) is 4.71. The zero-order chi connectivity index (χ0) is 10.7. The fraction of sp³-hybridized carbons (Fsp3) is 0.545. The predicted molar refractivity (Wildman–Crippen MR) is 61.9 cm³/mol. The van der Waals surface area contributed by atoms with Crippen molar-refractivity contribution < 1.29 is 4.74 Å². The summed E-state index contributed by atoms with van der Waals surface area (Å²) in [5.74, 6) is 2.40. The molecule has 0 aliphatic carbocycles. The van der Waals surface area contributed by atoms with Gasteiger partial charge in [-0.2, -0.15) is 0 Å². The Morgan fingerprint density at radius 2 is 2.53 bits per heavy atom. The molecule has 0 amide bonds. The molecule has 4 heteroatoms. The van der Waals surface area contributed by atoms with Crippen LogP contribution in [0.25, 0.3) is 0 Å². The quantitative estimate of drug-likeness (QED) is 0.740. The summed E-state index contributed by atoms with van der Waals surface area (Å²) in [6.45, 7) is 1.02. The largest absolute Gasteiger partial charge is 0.493 e. The molecule has 2 rings (SSSR count). The Balaban J connectivity index is 2.27. The van der Waals surface area contributed by atoms with Crippen molar-refractivity contribution in [2.45, 2.75) is 18.9 Å². The van der Waals surface area contributed by atoms with Crippen LogP contribution in [0, 0.1) is 0 Å². The van der Waals surface area contributed by atoms with Crippen molar-refractivity contribution >= 4 is 17.4 Å². The molecule has 1 aliphatic rings. The van der Waals surface area contributed by atoms with Gasteiger partial charge in [-0.05, 0) is 25.0 Å². The maximum absolute atomic E-state index is 5.94. The molecule has 1 unspecified atom stereocenters. The number of hydrogen-bond acceptors (Lipinski definition) is 3. The number of pyridine rings is 1. The van der Waals surface area contributed by atoms with Crippen molar-refractivity contribution in [1.82, 2.24) is 4.98 Å². The van der Waals surface area contributed by atoms with E-state index in [2.05, 4.69) is 9.88 Å². The molecule has 1 aliphatic heterocycles. The first-order valence-corrected chi connectivity index (χ1v) is 5.72. The highest BCUT2D eigenvalue weighted by Gasteiger charge is 2.26. The minimum absolute atomic E-state index is 0.399. The van der Waals surface area contributed by atoms with Gasteiger partial charge in [0.25, 0.3) is 0 Å². The first-order chi connectivity index (χ1) is 7.36. The summed E-state index contributed by atoms with van der Waals surface area (Å²) in [5.41, 5.74) is 0. The highest BCUT2D eigenvalue weighted by atomic mass is 35.5. The smallest absolute Gasteiger partial charge is 0.171 e. The number of ether oxygens (including phenoxy) is 1. The van der Waals surface area contributed by atoms with E-state index in [1.54, 1.807) is 13.3 Å². The van der Waals surface area contributed by atoms with Crippen LogP contribution < -0.4 is 9.64 Å². The van der Waals surface area contributed by atoms with E-state index < -0.39 is 0 Å². The molecule has 0 spiro atoms. The van der Waals surface area contributed by atoms with Gasteiger partial charge in [-0.1, -0.05) is 0 Å². The van der Waals surface area contributed by atoms with E-state index in [1.807, 2.05) is 12.1 Å². The molecule has 0 N–H and O–H groups in total. The Hall–Kier alpha value is -0.960. The first kappa shape index (κ1) is 10.6. The molecule has 3 nitrogen and oxygen atoms in total. The van der Waals surface area contributed by atoms with Gasteiger partial charge in [-0.25, -0.2) is 4.98 Å². The van der Waals surface area contributed by atoms with Crippen molar-refractivity contribution in [1.29, 1.82) is 0 Å². The standard InChI is InChI=1S/C11H15ClN2O/c1-15-10-5-2-6-13-11(10)14-7-3-4-9(14)8-12/h2,5-6,9H,3-4,7-8H2,1H3. The van der Waals surface area contributed by atoms with E-state index >= 15 is 0 Å². The number of halogens is 1. The van der Waals surface area contributed by atoms with Gasteiger partial charge >= 0.3 is 0 Å². The summed E-state index contributed by atoms with van der Waals surface area (Å²) in [6, 6.07) is 4.22. The Morgan fingerprint density at radius 3 is 3.27 bits per heavy atom. The van der Waals surface area contributed by atoms with Crippen LogP contribution in [0.2, 0.25) is 0 Å². The number of aromatic nitrogens is 1. The molecule has 0 radical (unpaired) electrons. The minimum atomic E-state index is 0.399. The van der Waals surface area contributed by atoms with E-state index in [0.29, 0.717) is 11.9 Å². The summed E-state index contributed by atoms with van der Waals surface area (Å²) in [5, 5.41) is 0. The zero-order valence-electron chi connectivity index (χ0n) is 8.82. The summed E-state index contributed by atoms with van der Waals surface area (Å²) >= 11 is 5.94. The van der Waals surface area contributed by atoms with Crippen LogP contribution in [0.3, 0.4) is 0 Å². The van der Waals surface area contributed by atoms with Gasteiger partial charge < -0.3 is 9.64 Å². The highest BCUT2D eigenvalue weighted by Crippen LogP contribution is 2.31. The lowest BCUT2D eigenvalue weighted by molar-refractivity contribution is 0.412. The van der Waals surface area contributed by atoms with Crippen molar-refractivity contribution in [2.24, 2.45) is 0 Å². The van der Waals surface area contributed by atoms with Gasteiger partial charge in [0.05, 0.1) is 7.11 Å². The van der Waals surface area contributed by atoms with Crippen LogP contribution in [0.4, 0.5) is 5.82 Å². The summed E-state index contributed by atoms with van der Waals surface area (Å²) in [4.78, 5) is 6.61. The molecule has 1 atom stereocenters. The van der Waals surface area contributed by atoms with Crippen LogP contribution in [0.1, 0.15) is 12.8 Å². The van der Waals surface area contributed by atoms with Crippen LogP contribution >= 0.6 is 11.6 Å². The number of alkyl halides is 1. The molecule has 0 bridgehead atoms. The number of hydrogen-bond donors (Lipinski definition) is 0. The lowest BCUT2D eigenvalue weighted by atomic mass is 10.2. The third-order valence-electron chi connectivity index (χ3n) is 2.80. The number of methoxy groups -OCH3 is 1.